The molecule has 0 bridgehead atoms. The first kappa shape index (κ1) is 15.2. The SMILES string of the molecule is CCN(CCNCCO)CC1=C(C)C=C(C)NC1. The summed E-state index contributed by atoms with van der Waals surface area (Å²) in [6.07, 6.45) is 2.22. The van der Waals surface area contributed by atoms with Crippen LogP contribution in [-0.2, 0) is 0 Å². The van der Waals surface area contributed by atoms with Crippen LogP contribution < -0.4 is 10.6 Å². The molecule has 0 aromatic carbocycles. The van der Waals surface area contributed by atoms with Gasteiger partial charge in [-0.3, -0.25) is 4.90 Å². The van der Waals surface area contributed by atoms with Gasteiger partial charge in [0.2, 0.25) is 0 Å². The van der Waals surface area contributed by atoms with Crippen molar-refractivity contribution in [2.24, 2.45) is 0 Å². The lowest BCUT2D eigenvalue weighted by Crippen LogP contribution is -2.36. The summed E-state index contributed by atoms with van der Waals surface area (Å²) in [6, 6.07) is 0. The second-order valence-corrected chi connectivity index (χ2v) is 4.81. The predicted molar refractivity (Wildman–Crippen MR) is 76.5 cm³/mol. The van der Waals surface area contributed by atoms with E-state index in [4.69, 9.17) is 5.11 Å². The molecule has 0 radical (unpaired) electrons. The normalized spacial score (nSPS) is 15.9. The minimum Gasteiger partial charge on any atom is -0.395 e. The van der Waals surface area contributed by atoms with E-state index in [1.165, 1.54) is 16.8 Å². The number of rotatable bonds is 8. The molecule has 0 aromatic rings. The fourth-order valence-corrected chi connectivity index (χ4v) is 2.10. The van der Waals surface area contributed by atoms with E-state index < -0.39 is 0 Å². The van der Waals surface area contributed by atoms with Gasteiger partial charge >= 0.3 is 0 Å². The predicted octanol–water partition coefficient (Wildman–Crippen LogP) is 0.714. The molecular formula is C14H27N3O. The summed E-state index contributed by atoms with van der Waals surface area (Å²) in [6.45, 7) is 12.4. The maximum Gasteiger partial charge on any atom is 0.0555 e. The largest absolute Gasteiger partial charge is 0.395 e. The Hall–Kier alpha value is -0.840. The van der Waals surface area contributed by atoms with Gasteiger partial charge in [0.1, 0.15) is 0 Å². The summed E-state index contributed by atoms with van der Waals surface area (Å²) in [5.74, 6) is 0. The molecule has 4 nitrogen and oxygen atoms in total. The topological polar surface area (TPSA) is 47.5 Å². The van der Waals surface area contributed by atoms with Crippen molar-refractivity contribution in [1.82, 2.24) is 15.5 Å². The second-order valence-electron chi connectivity index (χ2n) is 4.81. The Bertz CT molecular complexity index is 310. The average molecular weight is 253 g/mol. The van der Waals surface area contributed by atoms with Gasteiger partial charge in [0.25, 0.3) is 0 Å². The summed E-state index contributed by atoms with van der Waals surface area (Å²) in [4.78, 5) is 2.43. The van der Waals surface area contributed by atoms with Gasteiger partial charge in [-0.1, -0.05) is 6.92 Å². The molecular weight excluding hydrogens is 226 g/mol. The van der Waals surface area contributed by atoms with Gasteiger partial charge < -0.3 is 15.7 Å². The van der Waals surface area contributed by atoms with Crippen molar-refractivity contribution >= 4 is 0 Å². The van der Waals surface area contributed by atoms with Crippen LogP contribution in [0.15, 0.2) is 22.9 Å². The Morgan fingerprint density at radius 1 is 1.39 bits per heavy atom. The molecule has 0 fully saturated rings. The number of hydrogen-bond acceptors (Lipinski definition) is 4. The molecule has 0 saturated carbocycles. The highest BCUT2D eigenvalue weighted by Gasteiger charge is 2.11. The fraction of sp³-hybridized carbons (Fsp3) is 0.714. The minimum atomic E-state index is 0.213. The van der Waals surface area contributed by atoms with Crippen LogP contribution in [0.2, 0.25) is 0 Å². The van der Waals surface area contributed by atoms with Crippen LogP contribution in [0, 0.1) is 0 Å². The lowest BCUT2D eigenvalue weighted by molar-refractivity contribution is 0.276. The highest BCUT2D eigenvalue weighted by atomic mass is 16.3. The first-order valence-corrected chi connectivity index (χ1v) is 6.82. The van der Waals surface area contributed by atoms with Crippen LogP contribution in [0.1, 0.15) is 20.8 Å². The van der Waals surface area contributed by atoms with E-state index in [-0.39, 0.29) is 6.61 Å². The molecule has 0 spiro atoms. The van der Waals surface area contributed by atoms with Gasteiger partial charge in [-0.05, 0) is 37.6 Å². The van der Waals surface area contributed by atoms with Crippen molar-refractivity contribution in [2.45, 2.75) is 20.8 Å². The van der Waals surface area contributed by atoms with E-state index in [1.54, 1.807) is 0 Å². The molecule has 1 aliphatic rings. The number of nitrogens with zero attached hydrogens (tertiary/aromatic N) is 1. The van der Waals surface area contributed by atoms with E-state index in [0.29, 0.717) is 6.54 Å². The molecule has 1 heterocycles. The summed E-state index contributed by atoms with van der Waals surface area (Å²) in [7, 11) is 0. The standard InChI is InChI=1S/C14H27N3O/c1-4-17(7-5-15-6-8-18)11-14-10-16-13(3)9-12(14)2/h9,15-16,18H,4-8,10-11H2,1-3H3. The maximum absolute atomic E-state index is 8.71. The van der Waals surface area contributed by atoms with Crippen molar-refractivity contribution in [1.29, 1.82) is 0 Å². The summed E-state index contributed by atoms with van der Waals surface area (Å²) >= 11 is 0. The first-order valence-electron chi connectivity index (χ1n) is 6.82. The summed E-state index contributed by atoms with van der Waals surface area (Å²) in [5.41, 5.74) is 4.13. The van der Waals surface area contributed by atoms with Crippen molar-refractivity contribution in [3.8, 4) is 0 Å². The molecule has 0 amide bonds. The molecule has 4 heteroatoms. The quantitative estimate of drug-likeness (QED) is 0.558. The van der Waals surface area contributed by atoms with Gasteiger partial charge in [0.15, 0.2) is 0 Å². The van der Waals surface area contributed by atoms with Gasteiger partial charge in [0.05, 0.1) is 6.61 Å². The molecule has 18 heavy (non-hydrogen) atoms. The van der Waals surface area contributed by atoms with Crippen molar-refractivity contribution in [2.75, 3.05) is 45.9 Å². The molecule has 0 aromatic heterocycles. The Kier molecular flexibility index (Phi) is 7.01. The van der Waals surface area contributed by atoms with Crippen molar-refractivity contribution in [3.05, 3.63) is 22.9 Å². The third kappa shape index (κ3) is 5.21. The summed E-state index contributed by atoms with van der Waals surface area (Å²) < 4.78 is 0. The van der Waals surface area contributed by atoms with E-state index in [2.05, 4.69) is 42.4 Å². The molecule has 0 unspecified atom stereocenters. The third-order valence-electron chi connectivity index (χ3n) is 3.33. The monoisotopic (exact) mass is 253 g/mol. The van der Waals surface area contributed by atoms with E-state index in [1.807, 2.05) is 0 Å². The smallest absolute Gasteiger partial charge is 0.0555 e. The van der Waals surface area contributed by atoms with Crippen LogP contribution in [0.5, 0.6) is 0 Å². The third-order valence-corrected chi connectivity index (χ3v) is 3.33. The van der Waals surface area contributed by atoms with E-state index >= 15 is 0 Å². The van der Waals surface area contributed by atoms with Crippen molar-refractivity contribution < 1.29 is 5.11 Å². The highest BCUT2D eigenvalue weighted by Crippen LogP contribution is 2.13. The zero-order chi connectivity index (χ0) is 13.4. The summed E-state index contributed by atoms with van der Waals surface area (Å²) in [5, 5.41) is 15.3. The van der Waals surface area contributed by atoms with Crippen LogP contribution in [0.4, 0.5) is 0 Å². The van der Waals surface area contributed by atoms with E-state index in [9.17, 15) is 0 Å². The zero-order valence-electron chi connectivity index (χ0n) is 11.9. The number of dihydropyridines is 1. The number of aliphatic hydroxyl groups is 1. The molecule has 1 rings (SSSR count). The fourth-order valence-electron chi connectivity index (χ4n) is 2.10. The second kappa shape index (κ2) is 8.29. The average Bonchev–Trinajstić information content (AvgIpc) is 2.35. The number of allylic oxidation sites excluding steroid dienone is 3. The van der Waals surface area contributed by atoms with E-state index in [0.717, 1.165) is 32.7 Å². The van der Waals surface area contributed by atoms with Gasteiger partial charge in [-0.25, -0.2) is 0 Å². The minimum absolute atomic E-state index is 0.213. The zero-order valence-corrected chi connectivity index (χ0v) is 11.9. The molecule has 1 aliphatic heterocycles. The van der Waals surface area contributed by atoms with Crippen LogP contribution in [0.3, 0.4) is 0 Å². The van der Waals surface area contributed by atoms with Crippen LogP contribution in [0.25, 0.3) is 0 Å². The Morgan fingerprint density at radius 2 is 2.17 bits per heavy atom. The van der Waals surface area contributed by atoms with Gasteiger partial charge in [-0.15, -0.1) is 0 Å². The number of nitrogens with one attached hydrogen (secondary N) is 2. The number of hydrogen-bond donors (Lipinski definition) is 3. The number of aliphatic hydroxyl groups excluding tert-OH is 1. The first-order chi connectivity index (χ1) is 8.67. The van der Waals surface area contributed by atoms with Gasteiger partial charge in [-0.2, -0.15) is 0 Å². The van der Waals surface area contributed by atoms with Gasteiger partial charge in [0, 0.05) is 38.4 Å². The van der Waals surface area contributed by atoms with Crippen LogP contribution >= 0.6 is 0 Å². The molecule has 0 saturated heterocycles. The molecule has 104 valence electrons. The Labute approximate surface area is 111 Å². The lowest BCUT2D eigenvalue weighted by Gasteiger charge is -2.26. The molecule has 0 atom stereocenters. The van der Waals surface area contributed by atoms with Crippen LogP contribution in [-0.4, -0.2) is 55.9 Å². The molecule has 0 aliphatic carbocycles. The lowest BCUT2D eigenvalue weighted by atomic mass is 10.0. The highest BCUT2D eigenvalue weighted by molar-refractivity contribution is 5.32. The Balaban J connectivity index is 2.40. The molecule has 3 N–H and O–H groups in total. The van der Waals surface area contributed by atoms with Crippen molar-refractivity contribution in [3.63, 3.8) is 0 Å². The number of likely N-dealkylation sites (N-methyl/N-ethyl adjacent to an activating group) is 1. The maximum atomic E-state index is 8.71. The Morgan fingerprint density at radius 3 is 2.78 bits per heavy atom.